The highest BCUT2D eigenvalue weighted by Gasteiger charge is 2.25. The first kappa shape index (κ1) is 26.9. The van der Waals surface area contributed by atoms with E-state index in [0.717, 1.165) is 11.1 Å². The lowest BCUT2D eigenvalue weighted by Crippen LogP contribution is -2.22. The molecule has 0 saturated carbocycles. The molecule has 0 bridgehead atoms. The van der Waals surface area contributed by atoms with Crippen LogP contribution in [0.15, 0.2) is 60.7 Å². The van der Waals surface area contributed by atoms with Gasteiger partial charge in [-0.15, -0.1) is 0 Å². The Hall–Kier alpha value is -2.31. The maximum absolute atomic E-state index is 12.4. The standard InChI is InChI=1S/C21H25O6P.C4H9N/c1-25-28(24)16-19(21(23)27-15-18-10-6-3-7-11-18)12-13-20(22)26-14-17-8-4-2-5-9-17;1-2-4-5-3-1/h2-11,19,24H,12-16H2,1H3;5H,1-4H2. The molecule has 2 atom stereocenters. The van der Waals surface area contributed by atoms with Crippen molar-refractivity contribution in [3.8, 4) is 0 Å². The Bertz CT molecular complexity index is 793. The van der Waals surface area contributed by atoms with Gasteiger partial charge in [-0.1, -0.05) is 60.7 Å². The topological polar surface area (TPSA) is 94.1 Å². The van der Waals surface area contributed by atoms with Gasteiger partial charge >= 0.3 is 11.9 Å². The summed E-state index contributed by atoms with van der Waals surface area (Å²) in [6.45, 7) is 2.83. The van der Waals surface area contributed by atoms with Gasteiger partial charge in [-0.05, 0) is 43.5 Å². The molecule has 3 rings (SSSR count). The molecular formula is C25H34NO6P. The summed E-state index contributed by atoms with van der Waals surface area (Å²) >= 11 is 0. The predicted octanol–water partition coefficient (Wildman–Crippen LogP) is 4.19. The average Bonchev–Trinajstić information content (AvgIpc) is 3.45. The largest absolute Gasteiger partial charge is 0.461 e. The third-order valence-electron chi connectivity index (χ3n) is 5.04. The molecule has 0 aromatic heterocycles. The van der Waals surface area contributed by atoms with Gasteiger partial charge in [0, 0.05) is 19.7 Å². The van der Waals surface area contributed by atoms with E-state index in [1.807, 2.05) is 60.7 Å². The highest BCUT2D eigenvalue weighted by molar-refractivity contribution is 7.46. The van der Waals surface area contributed by atoms with E-state index in [1.54, 1.807) is 0 Å². The second-order valence-corrected chi connectivity index (χ2v) is 9.08. The van der Waals surface area contributed by atoms with Crippen LogP contribution >= 0.6 is 8.38 Å². The highest BCUT2D eigenvalue weighted by Crippen LogP contribution is 2.34. The zero-order chi connectivity index (χ0) is 23.7. The molecule has 2 aromatic rings. The first-order valence-electron chi connectivity index (χ1n) is 11.2. The van der Waals surface area contributed by atoms with Crippen LogP contribution in [0.2, 0.25) is 0 Å². The summed E-state index contributed by atoms with van der Waals surface area (Å²) in [7, 11) is -0.362. The van der Waals surface area contributed by atoms with E-state index in [2.05, 4.69) is 5.32 Å². The Morgan fingerprint density at radius 1 is 0.939 bits per heavy atom. The van der Waals surface area contributed by atoms with Gasteiger partial charge in [0.1, 0.15) is 13.2 Å². The number of hydrogen-bond donors (Lipinski definition) is 2. The zero-order valence-corrected chi connectivity index (χ0v) is 20.0. The molecule has 0 spiro atoms. The minimum Gasteiger partial charge on any atom is -0.461 e. The molecule has 1 aliphatic rings. The number of rotatable bonds is 11. The van der Waals surface area contributed by atoms with Crippen molar-refractivity contribution < 1.29 is 28.5 Å². The van der Waals surface area contributed by atoms with Crippen molar-refractivity contribution in [2.45, 2.75) is 38.9 Å². The summed E-state index contributed by atoms with van der Waals surface area (Å²) in [6, 6.07) is 18.7. The van der Waals surface area contributed by atoms with Crippen molar-refractivity contribution in [2.24, 2.45) is 5.92 Å². The van der Waals surface area contributed by atoms with Crippen LogP contribution in [0.4, 0.5) is 0 Å². The van der Waals surface area contributed by atoms with E-state index in [-0.39, 0.29) is 32.2 Å². The van der Waals surface area contributed by atoms with Crippen molar-refractivity contribution in [1.29, 1.82) is 0 Å². The van der Waals surface area contributed by atoms with Crippen LogP contribution in [0.5, 0.6) is 0 Å². The Labute approximate surface area is 197 Å². The molecule has 180 valence electrons. The van der Waals surface area contributed by atoms with Crippen LogP contribution in [0, 0.1) is 5.92 Å². The first-order valence-corrected chi connectivity index (χ1v) is 12.6. The summed E-state index contributed by atoms with van der Waals surface area (Å²) in [5, 5.41) is 3.22. The molecule has 2 aromatic carbocycles. The third kappa shape index (κ3) is 11.9. The van der Waals surface area contributed by atoms with E-state index in [9.17, 15) is 14.5 Å². The number of carbonyl (C=O) groups excluding carboxylic acids is 2. The van der Waals surface area contributed by atoms with Gasteiger partial charge in [0.15, 0.2) is 8.38 Å². The SMILES string of the molecule is C1CCNC1.COP(O)CC(CCC(=O)OCc1ccccc1)C(=O)OCc1ccccc1. The van der Waals surface area contributed by atoms with Crippen LogP contribution in [-0.2, 0) is 36.8 Å². The summed E-state index contributed by atoms with van der Waals surface area (Å²) < 4.78 is 15.5. The van der Waals surface area contributed by atoms with E-state index in [4.69, 9.17) is 14.0 Å². The second kappa shape index (κ2) is 16.3. The molecule has 1 heterocycles. The average molecular weight is 476 g/mol. The Morgan fingerprint density at radius 3 is 1.97 bits per heavy atom. The molecule has 8 heteroatoms. The number of carbonyl (C=O) groups is 2. The summed E-state index contributed by atoms with van der Waals surface area (Å²) in [5.74, 6) is -1.49. The summed E-state index contributed by atoms with van der Waals surface area (Å²) in [6.07, 6.45) is 3.18. The first-order chi connectivity index (χ1) is 16.1. The lowest BCUT2D eigenvalue weighted by molar-refractivity contribution is -0.150. The maximum atomic E-state index is 12.4. The smallest absolute Gasteiger partial charge is 0.309 e. The number of nitrogens with one attached hydrogen (secondary N) is 1. The van der Waals surface area contributed by atoms with Gasteiger partial charge in [0.25, 0.3) is 0 Å². The zero-order valence-electron chi connectivity index (χ0n) is 19.2. The third-order valence-corrected chi connectivity index (χ3v) is 6.22. The van der Waals surface area contributed by atoms with E-state index >= 15 is 0 Å². The van der Waals surface area contributed by atoms with Crippen LogP contribution in [0.1, 0.15) is 36.8 Å². The lowest BCUT2D eigenvalue weighted by Gasteiger charge is -2.17. The monoisotopic (exact) mass is 475 g/mol. The van der Waals surface area contributed by atoms with Gasteiger partial charge in [0.05, 0.1) is 5.92 Å². The summed E-state index contributed by atoms with van der Waals surface area (Å²) in [4.78, 5) is 34.2. The quantitative estimate of drug-likeness (QED) is 0.372. The van der Waals surface area contributed by atoms with Crippen LogP contribution in [0.25, 0.3) is 0 Å². The van der Waals surface area contributed by atoms with Crippen molar-refractivity contribution in [1.82, 2.24) is 5.32 Å². The predicted molar refractivity (Wildman–Crippen MR) is 128 cm³/mol. The van der Waals surface area contributed by atoms with Gasteiger partial charge < -0.3 is 24.2 Å². The maximum Gasteiger partial charge on any atom is 0.309 e. The molecule has 1 fully saturated rings. The van der Waals surface area contributed by atoms with Crippen molar-refractivity contribution in [3.63, 3.8) is 0 Å². The van der Waals surface area contributed by atoms with Crippen molar-refractivity contribution >= 4 is 20.3 Å². The molecule has 0 amide bonds. The van der Waals surface area contributed by atoms with E-state index in [1.165, 1.54) is 33.0 Å². The fraction of sp³-hybridized carbons (Fsp3) is 0.440. The normalized spacial score (nSPS) is 14.5. The van der Waals surface area contributed by atoms with Crippen LogP contribution in [-0.4, -0.2) is 43.2 Å². The molecule has 1 saturated heterocycles. The molecule has 33 heavy (non-hydrogen) atoms. The van der Waals surface area contributed by atoms with Crippen LogP contribution in [0.3, 0.4) is 0 Å². The highest BCUT2D eigenvalue weighted by atomic mass is 31.2. The Balaban J connectivity index is 0.000000678. The van der Waals surface area contributed by atoms with Crippen LogP contribution < -0.4 is 5.32 Å². The molecule has 2 N–H and O–H groups in total. The van der Waals surface area contributed by atoms with Gasteiger partial charge in [-0.25, -0.2) is 0 Å². The molecule has 0 aliphatic carbocycles. The molecule has 7 nitrogen and oxygen atoms in total. The van der Waals surface area contributed by atoms with Crippen molar-refractivity contribution in [2.75, 3.05) is 26.4 Å². The summed E-state index contributed by atoms with van der Waals surface area (Å²) in [5.41, 5.74) is 1.77. The number of esters is 2. The lowest BCUT2D eigenvalue weighted by atomic mass is 10.1. The minimum absolute atomic E-state index is 0.0603. The van der Waals surface area contributed by atoms with E-state index < -0.39 is 26.2 Å². The second-order valence-electron chi connectivity index (χ2n) is 7.65. The van der Waals surface area contributed by atoms with Gasteiger partial charge in [-0.3, -0.25) is 9.59 Å². The number of ether oxygens (including phenoxy) is 2. The Kier molecular flexibility index (Phi) is 13.3. The number of hydrogen-bond acceptors (Lipinski definition) is 7. The van der Waals surface area contributed by atoms with Crippen molar-refractivity contribution in [3.05, 3.63) is 71.8 Å². The van der Waals surface area contributed by atoms with Gasteiger partial charge in [0.2, 0.25) is 0 Å². The molecule has 2 unspecified atom stereocenters. The van der Waals surface area contributed by atoms with E-state index in [0.29, 0.717) is 0 Å². The minimum atomic E-state index is -1.74. The fourth-order valence-corrected chi connectivity index (χ4v) is 3.98. The number of benzene rings is 2. The fourth-order valence-electron chi connectivity index (χ4n) is 3.12. The Morgan fingerprint density at radius 2 is 1.48 bits per heavy atom. The van der Waals surface area contributed by atoms with Gasteiger partial charge in [-0.2, -0.15) is 0 Å². The molecular weight excluding hydrogens is 441 g/mol. The molecule has 1 aliphatic heterocycles. The molecule has 0 radical (unpaired) electrons.